The van der Waals surface area contributed by atoms with Gasteiger partial charge in [0.05, 0.1) is 23.4 Å². The summed E-state index contributed by atoms with van der Waals surface area (Å²) in [5.41, 5.74) is -0.621. The summed E-state index contributed by atoms with van der Waals surface area (Å²) in [7, 11) is -1.80. The molecular formula is C22H44B2O6. The average Bonchev–Trinajstić information content (AvgIpc) is 2.86. The Kier molecular flexibility index (Phi) is 14.9. The Bertz CT molecular complexity index is 478. The zero-order chi connectivity index (χ0) is 23.2. The predicted molar refractivity (Wildman–Crippen MR) is 125 cm³/mol. The maximum absolute atomic E-state index is 9.80. The summed E-state index contributed by atoms with van der Waals surface area (Å²) in [6.07, 6.45) is 10.4. The van der Waals surface area contributed by atoms with Crippen molar-refractivity contribution in [2.45, 2.75) is 116 Å². The molecule has 0 radical (unpaired) electrons. The van der Waals surface area contributed by atoms with E-state index in [1.165, 1.54) is 24.9 Å². The first-order valence-electron chi connectivity index (χ1n) is 11.4. The van der Waals surface area contributed by atoms with E-state index in [1.807, 2.05) is 33.7 Å². The summed E-state index contributed by atoms with van der Waals surface area (Å²) in [6.45, 7) is 12.4. The van der Waals surface area contributed by atoms with Crippen molar-refractivity contribution in [2.75, 3.05) is 0 Å². The van der Waals surface area contributed by atoms with E-state index in [4.69, 9.17) is 19.4 Å². The number of unbranched alkanes of at least 4 members (excludes halogenated alkanes) is 4. The van der Waals surface area contributed by atoms with Gasteiger partial charge in [0.1, 0.15) is 0 Å². The highest BCUT2D eigenvalue weighted by atomic mass is 16.7. The zero-order valence-electron chi connectivity index (χ0n) is 19.9. The smallest absolute Gasteiger partial charge is 0.424 e. The second-order valence-electron chi connectivity index (χ2n) is 8.93. The molecule has 1 aliphatic heterocycles. The molecule has 1 heterocycles. The molecule has 0 bridgehead atoms. The molecule has 1 rings (SSSR count). The van der Waals surface area contributed by atoms with E-state index in [9.17, 15) is 10.2 Å². The second-order valence-corrected chi connectivity index (χ2v) is 8.93. The molecule has 0 aromatic heterocycles. The van der Waals surface area contributed by atoms with Crippen LogP contribution in [0.2, 0.25) is 0 Å². The van der Waals surface area contributed by atoms with Gasteiger partial charge in [-0.15, -0.1) is 0 Å². The van der Waals surface area contributed by atoms with Crippen molar-refractivity contribution >= 4 is 14.2 Å². The quantitative estimate of drug-likeness (QED) is 0.281. The maximum Gasteiger partial charge on any atom is 0.486 e. The number of aliphatic hydroxyl groups is 2. The second kappa shape index (κ2) is 15.2. The highest BCUT2D eigenvalue weighted by Crippen LogP contribution is 2.36. The number of hydrogen-bond acceptors (Lipinski definition) is 6. The minimum absolute atomic E-state index is 0.310. The number of aliphatic hydroxyl groups excluding tert-OH is 2. The monoisotopic (exact) mass is 426 g/mol. The lowest BCUT2D eigenvalue weighted by atomic mass is 9.89. The predicted octanol–water partition coefficient (Wildman–Crippen LogP) is 3.61. The van der Waals surface area contributed by atoms with E-state index in [-0.39, 0.29) is 18.3 Å². The molecule has 2 atom stereocenters. The fourth-order valence-electron chi connectivity index (χ4n) is 2.81. The van der Waals surface area contributed by atoms with Gasteiger partial charge in [0, 0.05) is 0 Å². The molecule has 0 spiro atoms. The van der Waals surface area contributed by atoms with Crippen LogP contribution in [0, 0.1) is 0 Å². The third-order valence-electron chi connectivity index (χ3n) is 5.47. The van der Waals surface area contributed by atoms with Crippen LogP contribution in [0.25, 0.3) is 0 Å². The molecule has 0 amide bonds. The lowest BCUT2D eigenvalue weighted by Gasteiger charge is -2.32. The van der Waals surface area contributed by atoms with E-state index in [0.29, 0.717) is 6.42 Å². The van der Waals surface area contributed by atoms with Crippen LogP contribution >= 0.6 is 0 Å². The van der Waals surface area contributed by atoms with Crippen molar-refractivity contribution in [3.05, 3.63) is 24.1 Å². The Morgan fingerprint density at radius 1 is 0.800 bits per heavy atom. The SMILES string of the molecule is CCCCCC(O)/C=C/B(O)O.CCCCCC(O)/C=C/B1OC(C)(C)C(C)(C)O1. The van der Waals surface area contributed by atoms with E-state index < -0.39 is 19.3 Å². The molecule has 2 unspecified atom stereocenters. The summed E-state index contributed by atoms with van der Waals surface area (Å²) in [4.78, 5) is 0. The lowest BCUT2D eigenvalue weighted by molar-refractivity contribution is 0.00578. The van der Waals surface area contributed by atoms with Crippen LogP contribution in [0.15, 0.2) is 24.1 Å². The van der Waals surface area contributed by atoms with Crippen molar-refractivity contribution < 1.29 is 29.6 Å². The van der Waals surface area contributed by atoms with Gasteiger partial charge in [-0.3, -0.25) is 0 Å². The minimum Gasteiger partial charge on any atom is -0.424 e. The van der Waals surface area contributed by atoms with Crippen molar-refractivity contribution in [3.63, 3.8) is 0 Å². The Labute approximate surface area is 184 Å². The van der Waals surface area contributed by atoms with Crippen molar-refractivity contribution in [2.24, 2.45) is 0 Å². The van der Waals surface area contributed by atoms with Gasteiger partial charge < -0.3 is 29.6 Å². The summed E-state index contributed by atoms with van der Waals surface area (Å²) < 4.78 is 11.6. The van der Waals surface area contributed by atoms with Gasteiger partial charge >= 0.3 is 14.2 Å². The lowest BCUT2D eigenvalue weighted by Crippen LogP contribution is -2.41. The summed E-state index contributed by atoms with van der Waals surface area (Å²) in [5, 5.41) is 35.9. The summed E-state index contributed by atoms with van der Waals surface area (Å²) in [5.74, 6) is 3.00. The molecule has 0 aromatic rings. The third kappa shape index (κ3) is 12.9. The maximum atomic E-state index is 9.80. The Balaban J connectivity index is 0.000000612. The van der Waals surface area contributed by atoms with Crippen LogP contribution in [-0.2, 0) is 9.31 Å². The minimum atomic E-state index is -1.45. The van der Waals surface area contributed by atoms with E-state index in [1.54, 1.807) is 6.08 Å². The fourth-order valence-corrected chi connectivity index (χ4v) is 2.81. The van der Waals surface area contributed by atoms with E-state index >= 15 is 0 Å². The van der Waals surface area contributed by atoms with E-state index in [2.05, 4.69) is 13.8 Å². The molecular weight excluding hydrogens is 382 g/mol. The molecule has 1 aliphatic rings. The fraction of sp³-hybridized carbons (Fsp3) is 0.818. The molecule has 174 valence electrons. The molecule has 1 fully saturated rings. The number of hydrogen-bond donors (Lipinski definition) is 4. The Morgan fingerprint density at radius 3 is 1.63 bits per heavy atom. The Hall–Kier alpha value is -0.630. The molecule has 1 saturated heterocycles. The van der Waals surface area contributed by atoms with Gasteiger partial charge in [0.25, 0.3) is 0 Å². The Morgan fingerprint density at radius 2 is 1.23 bits per heavy atom. The zero-order valence-corrected chi connectivity index (χ0v) is 19.9. The first-order valence-corrected chi connectivity index (χ1v) is 11.4. The van der Waals surface area contributed by atoms with Crippen LogP contribution < -0.4 is 0 Å². The topological polar surface area (TPSA) is 99.4 Å². The molecule has 4 N–H and O–H groups in total. The highest BCUT2D eigenvalue weighted by Gasteiger charge is 2.50. The summed E-state index contributed by atoms with van der Waals surface area (Å²) >= 11 is 0. The normalized spacial score (nSPS) is 19.7. The molecule has 0 aromatic carbocycles. The summed E-state index contributed by atoms with van der Waals surface area (Å²) in [6, 6.07) is 0. The third-order valence-corrected chi connectivity index (χ3v) is 5.47. The standard InChI is InChI=1S/C14H27BO3.C8H17BO3/c1-6-7-8-9-12(16)10-11-15-17-13(2,3)14(4,5)18-15;1-2-3-4-5-8(10)6-7-9(11)12/h10-12,16H,6-9H2,1-5H3;6-8,10-12H,2-5H2,1H3/b11-10+;7-6+. The van der Waals surface area contributed by atoms with Gasteiger partial charge in [0.15, 0.2) is 0 Å². The largest absolute Gasteiger partial charge is 0.486 e. The average molecular weight is 426 g/mol. The van der Waals surface area contributed by atoms with Crippen LogP contribution in [0.4, 0.5) is 0 Å². The van der Waals surface area contributed by atoms with Gasteiger partial charge in [-0.25, -0.2) is 0 Å². The van der Waals surface area contributed by atoms with Crippen LogP contribution in [0.3, 0.4) is 0 Å². The first kappa shape index (κ1) is 29.4. The molecule has 0 saturated carbocycles. The molecule has 8 heteroatoms. The molecule has 30 heavy (non-hydrogen) atoms. The van der Waals surface area contributed by atoms with Crippen LogP contribution in [-0.4, -0.2) is 57.9 Å². The first-order chi connectivity index (χ1) is 13.9. The highest BCUT2D eigenvalue weighted by molar-refractivity contribution is 6.51. The van der Waals surface area contributed by atoms with Crippen LogP contribution in [0.5, 0.6) is 0 Å². The van der Waals surface area contributed by atoms with Crippen LogP contribution in [0.1, 0.15) is 92.9 Å². The van der Waals surface area contributed by atoms with Gasteiger partial charge in [-0.2, -0.15) is 0 Å². The van der Waals surface area contributed by atoms with Gasteiger partial charge in [-0.05, 0) is 40.5 Å². The van der Waals surface area contributed by atoms with Gasteiger partial charge in [-0.1, -0.05) is 76.5 Å². The number of rotatable bonds is 12. The van der Waals surface area contributed by atoms with Crippen molar-refractivity contribution in [3.8, 4) is 0 Å². The van der Waals surface area contributed by atoms with Crippen molar-refractivity contribution in [1.29, 1.82) is 0 Å². The van der Waals surface area contributed by atoms with Gasteiger partial charge in [0.2, 0.25) is 0 Å². The molecule has 6 nitrogen and oxygen atoms in total. The molecule has 0 aliphatic carbocycles. The van der Waals surface area contributed by atoms with E-state index in [0.717, 1.165) is 32.1 Å². The van der Waals surface area contributed by atoms with Crippen molar-refractivity contribution in [1.82, 2.24) is 0 Å².